The number of rotatable bonds is 7. The van der Waals surface area contributed by atoms with E-state index in [4.69, 9.17) is 0 Å². The molecule has 25 heavy (non-hydrogen) atoms. The molecule has 1 fully saturated rings. The van der Waals surface area contributed by atoms with E-state index in [0.717, 1.165) is 12.8 Å². The van der Waals surface area contributed by atoms with Crippen molar-refractivity contribution >= 4 is 23.4 Å². The van der Waals surface area contributed by atoms with Gasteiger partial charge in [-0.3, -0.25) is 14.4 Å². The van der Waals surface area contributed by atoms with Crippen molar-refractivity contribution < 1.29 is 14.4 Å². The van der Waals surface area contributed by atoms with Crippen LogP contribution in [0.5, 0.6) is 0 Å². The van der Waals surface area contributed by atoms with E-state index in [-0.39, 0.29) is 36.1 Å². The molecule has 3 amide bonds. The highest BCUT2D eigenvalue weighted by Crippen LogP contribution is 2.22. The zero-order chi connectivity index (χ0) is 18.4. The molecule has 2 rings (SSSR count). The standard InChI is InChI=1S/C19H27N3O3/c1-4-5-10-22-12-14(11-17(22)23)18(24)21-16-9-7-6-8-15(16)19(25)20-13(2)3/h6-9,13-14H,4-5,10-12H2,1-3H3,(H,20,25)(H,21,24). The summed E-state index contributed by atoms with van der Waals surface area (Å²) in [4.78, 5) is 38.6. The van der Waals surface area contributed by atoms with Crippen LogP contribution in [0.4, 0.5) is 5.69 Å². The van der Waals surface area contributed by atoms with E-state index in [1.54, 1.807) is 29.2 Å². The summed E-state index contributed by atoms with van der Waals surface area (Å²) in [7, 11) is 0. The second-order valence-electron chi connectivity index (χ2n) is 6.76. The molecule has 2 N–H and O–H groups in total. The molecule has 1 atom stereocenters. The number of hydrogen-bond donors (Lipinski definition) is 2. The Hall–Kier alpha value is -2.37. The average molecular weight is 345 g/mol. The summed E-state index contributed by atoms with van der Waals surface area (Å²) in [5.41, 5.74) is 0.904. The topological polar surface area (TPSA) is 78.5 Å². The SMILES string of the molecule is CCCCN1CC(C(=O)Nc2ccccc2C(=O)NC(C)C)CC1=O. The van der Waals surface area contributed by atoms with E-state index in [0.29, 0.717) is 24.3 Å². The molecule has 0 bridgehead atoms. The molecule has 6 heteroatoms. The van der Waals surface area contributed by atoms with Crippen molar-refractivity contribution in [3.05, 3.63) is 29.8 Å². The number of benzene rings is 1. The Morgan fingerprint density at radius 1 is 1.28 bits per heavy atom. The van der Waals surface area contributed by atoms with Gasteiger partial charge in [-0.05, 0) is 32.4 Å². The number of carbonyl (C=O) groups is 3. The Balaban J connectivity index is 2.04. The lowest BCUT2D eigenvalue weighted by atomic mass is 10.1. The average Bonchev–Trinajstić information content (AvgIpc) is 2.93. The third-order valence-electron chi connectivity index (χ3n) is 4.22. The number of nitrogens with one attached hydrogen (secondary N) is 2. The Kier molecular flexibility index (Phi) is 6.56. The fourth-order valence-corrected chi connectivity index (χ4v) is 2.88. The Morgan fingerprint density at radius 2 is 2.00 bits per heavy atom. The number of para-hydroxylation sites is 1. The van der Waals surface area contributed by atoms with E-state index < -0.39 is 0 Å². The first-order valence-electron chi connectivity index (χ1n) is 8.90. The summed E-state index contributed by atoms with van der Waals surface area (Å²) in [5, 5.41) is 5.65. The number of hydrogen-bond acceptors (Lipinski definition) is 3. The second kappa shape index (κ2) is 8.65. The van der Waals surface area contributed by atoms with E-state index in [1.807, 2.05) is 13.8 Å². The first kappa shape index (κ1) is 19.0. The summed E-state index contributed by atoms with van der Waals surface area (Å²) in [6.45, 7) is 6.99. The van der Waals surface area contributed by atoms with E-state index in [1.165, 1.54) is 0 Å². The van der Waals surface area contributed by atoms with Gasteiger partial charge < -0.3 is 15.5 Å². The quantitative estimate of drug-likeness (QED) is 0.796. The summed E-state index contributed by atoms with van der Waals surface area (Å²) < 4.78 is 0. The number of anilines is 1. The maximum Gasteiger partial charge on any atom is 0.253 e. The second-order valence-corrected chi connectivity index (χ2v) is 6.76. The van der Waals surface area contributed by atoms with Crippen LogP contribution in [0.1, 0.15) is 50.4 Å². The van der Waals surface area contributed by atoms with Crippen molar-refractivity contribution in [2.24, 2.45) is 5.92 Å². The normalized spacial score (nSPS) is 17.0. The predicted molar refractivity (Wildman–Crippen MR) is 97.3 cm³/mol. The van der Waals surface area contributed by atoms with Crippen LogP contribution in [0.25, 0.3) is 0 Å². The number of carbonyl (C=O) groups excluding carboxylic acids is 3. The summed E-state index contributed by atoms with van der Waals surface area (Å²) in [5.74, 6) is -0.778. The fourth-order valence-electron chi connectivity index (χ4n) is 2.88. The van der Waals surface area contributed by atoms with Crippen molar-refractivity contribution in [1.82, 2.24) is 10.2 Å². The molecule has 1 heterocycles. The molecule has 1 aromatic carbocycles. The molecule has 0 radical (unpaired) electrons. The molecule has 136 valence electrons. The van der Waals surface area contributed by atoms with Crippen LogP contribution in [0, 0.1) is 5.92 Å². The highest BCUT2D eigenvalue weighted by molar-refractivity contribution is 6.05. The van der Waals surface area contributed by atoms with Gasteiger partial charge in [0.05, 0.1) is 17.2 Å². The molecular formula is C19H27N3O3. The lowest BCUT2D eigenvalue weighted by Crippen LogP contribution is -2.32. The third-order valence-corrected chi connectivity index (χ3v) is 4.22. The maximum absolute atomic E-state index is 12.6. The van der Waals surface area contributed by atoms with Gasteiger partial charge in [0.25, 0.3) is 5.91 Å². The molecule has 0 aliphatic carbocycles. The Labute approximate surface area is 149 Å². The van der Waals surface area contributed by atoms with Crippen molar-refractivity contribution in [2.75, 3.05) is 18.4 Å². The van der Waals surface area contributed by atoms with Gasteiger partial charge in [0, 0.05) is 25.6 Å². The van der Waals surface area contributed by atoms with Crippen LogP contribution in [0.3, 0.4) is 0 Å². The minimum Gasteiger partial charge on any atom is -0.350 e. The van der Waals surface area contributed by atoms with Crippen LogP contribution in [0.15, 0.2) is 24.3 Å². The Bertz CT molecular complexity index is 643. The summed E-state index contributed by atoms with van der Waals surface area (Å²) >= 11 is 0. The number of amides is 3. The third kappa shape index (κ3) is 5.05. The number of nitrogens with zero attached hydrogens (tertiary/aromatic N) is 1. The minimum atomic E-state index is -0.370. The van der Waals surface area contributed by atoms with Crippen LogP contribution < -0.4 is 10.6 Å². The van der Waals surface area contributed by atoms with Crippen molar-refractivity contribution in [3.63, 3.8) is 0 Å². The van der Waals surface area contributed by atoms with Crippen LogP contribution in [-0.4, -0.2) is 41.8 Å². The monoisotopic (exact) mass is 345 g/mol. The maximum atomic E-state index is 12.6. The van der Waals surface area contributed by atoms with Crippen LogP contribution >= 0.6 is 0 Å². The molecule has 1 unspecified atom stereocenters. The number of likely N-dealkylation sites (tertiary alicyclic amines) is 1. The van der Waals surface area contributed by atoms with Gasteiger partial charge in [-0.25, -0.2) is 0 Å². The highest BCUT2D eigenvalue weighted by Gasteiger charge is 2.34. The molecule has 1 aromatic rings. The molecule has 0 aromatic heterocycles. The van der Waals surface area contributed by atoms with Gasteiger partial charge in [0.2, 0.25) is 11.8 Å². The molecule has 0 saturated carbocycles. The van der Waals surface area contributed by atoms with E-state index >= 15 is 0 Å². The first-order chi connectivity index (χ1) is 11.9. The molecular weight excluding hydrogens is 318 g/mol. The van der Waals surface area contributed by atoms with Gasteiger partial charge in [0.15, 0.2) is 0 Å². The lowest BCUT2D eigenvalue weighted by Gasteiger charge is -2.17. The fraction of sp³-hybridized carbons (Fsp3) is 0.526. The molecule has 1 saturated heterocycles. The van der Waals surface area contributed by atoms with Crippen molar-refractivity contribution in [2.45, 2.75) is 46.1 Å². The van der Waals surface area contributed by atoms with E-state index in [2.05, 4.69) is 17.6 Å². The minimum absolute atomic E-state index is 0.0100. The molecule has 1 aliphatic rings. The predicted octanol–water partition coefficient (Wildman–Crippen LogP) is 2.41. The Morgan fingerprint density at radius 3 is 2.68 bits per heavy atom. The zero-order valence-electron chi connectivity index (χ0n) is 15.2. The molecule has 0 spiro atoms. The molecule has 1 aliphatic heterocycles. The first-order valence-corrected chi connectivity index (χ1v) is 8.90. The van der Waals surface area contributed by atoms with Gasteiger partial charge in [-0.15, -0.1) is 0 Å². The van der Waals surface area contributed by atoms with Gasteiger partial charge >= 0.3 is 0 Å². The summed E-state index contributed by atoms with van der Waals surface area (Å²) in [6.07, 6.45) is 2.19. The smallest absolute Gasteiger partial charge is 0.253 e. The lowest BCUT2D eigenvalue weighted by molar-refractivity contribution is -0.128. The zero-order valence-corrected chi connectivity index (χ0v) is 15.2. The van der Waals surface area contributed by atoms with Crippen molar-refractivity contribution in [1.29, 1.82) is 0 Å². The van der Waals surface area contributed by atoms with Crippen LogP contribution in [0.2, 0.25) is 0 Å². The number of unbranched alkanes of at least 4 members (excludes halogenated alkanes) is 1. The van der Waals surface area contributed by atoms with Gasteiger partial charge in [0.1, 0.15) is 0 Å². The van der Waals surface area contributed by atoms with Crippen molar-refractivity contribution in [3.8, 4) is 0 Å². The molecule has 6 nitrogen and oxygen atoms in total. The highest BCUT2D eigenvalue weighted by atomic mass is 16.2. The van der Waals surface area contributed by atoms with Crippen LogP contribution in [-0.2, 0) is 9.59 Å². The summed E-state index contributed by atoms with van der Waals surface area (Å²) in [6, 6.07) is 6.93. The van der Waals surface area contributed by atoms with Gasteiger partial charge in [-0.1, -0.05) is 25.5 Å². The van der Waals surface area contributed by atoms with Gasteiger partial charge in [-0.2, -0.15) is 0 Å². The largest absolute Gasteiger partial charge is 0.350 e. The van der Waals surface area contributed by atoms with E-state index in [9.17, 15) is 14.4 Å².